The van der Waals surface area contributed by atoms with Gasteiger partial charge in [0, 0.05) is 0 Å². The van der Waals surface area contributed by atoms with E-state index in [1.165, 1.54) is 11.5 Å². The Balaban J connectivity index is 3.32. The van der Waals surface area contributed by atoms with Crippen LogP contribution >= 0.6 is 11.8 Å². The smallest absolute Gasteiger partial charge is 0.0683 e. The molecular weight excluding hydrogens is 178 g/mol. The maximum atomic E-state index is 8.78. The Labute approximate surface area is 86.9 Å². The van der Waals surface area contributed by atoms with E-state index in [1.54, 1.807) is 0 Å². The van der Waals surface area contributed by atoms with E-state index >= 15 is 0 Å². The Hall–Kier alpha value is -0.160. The molecule has 0 saturated heterocycles. The van der Waals surface area contributed by atoms with Crippen molar-refractivity contribution in [2.75, 3.05) is 11.5 Å². The van der Waals surface area contributed by atoms with Gasteiger partial charge in [-0.1, -0.05) is 13.8 Å². The molecule has 0 heterocycles. The molecule has 0 aliphatic heterocycles. The number of nitrogens with zero attached hydrogens (tertiary/aromatic N) is 1. The highest BCUT2D eigenvalue weighted by Gasteiger charge is 2.15. The highest BCUT2D eigenvalue weighted by Crippen LogP contribution is 2.22. The van der Waals surface area contributed by atoms with Crippen LogP contribution in [0.5, 0.6) is 0 Å². The molecule has 76 valence electrons. The van der Waals surface area contributed by atoms with Crippen LogP contribution in [-0.4, -0.2) is 11.5 Å². The second-order valence-electron chi connectivity index (χ2n) is 4.57. The maximum Gasteiger partial charge on any atom is 0.0683 e. The standard InChI is InChI=1S/C11H21NS/c1-10(2)8-13-7-5-6-11(3,4)9-12/h10H,5-8H2,1-4H3. The summed E-state index contributed by atoms with van der Waals surface area (Å²) in [6.45, 7) is 8.51. The normalized spacial score (nSPS) is 11.7. The zero-order valence-corrected chi connectivity index (χ0v) is 10.1. The molecule has 0 rings (SSSR count). The van der Waals surface area contributed by atoms with E-state index in [1.807, 2.05) is 25.6 Å². The molecule has 13 heavy (non-hydrogen) atoms. The van der Waals surface area contributed by atoms with E-state index in [4.69, 9.17) is 5.26 Å². The van der Waals surface area contributed by atoms with Crippen LogP contribution in [0.4, 0.5) is 0 Å². The quantitative estimate of drug-likeness (QED) is 0.609. The van der Waals surface area contributed by atoms with Crippen LogP contribution in [0.2, 0.25) is 0 Å². The van der Waals surface area contributed by atoms with Crippen molar-refractivity contribution in [1.29, 1.82) is 5.26 Å². The van der Waals surface area contributed by atoms with Crippen LogP contribution < -0.4 is 0 Å². The Morgan fingerprint density at radius 3 is 2.46 bits per heavy atom. The van der Waals surface area contributed by atoms with E-state index < -0.39 is 0 Å². The van der Waals surface area contributed by atoms with E-state index in [0.29, 0.717) is 0 Å². The van der Waals surface area contributed by atoms with Gasteiger partial charge in [-0.15, -0.1) is 0 Å². The van der Waals surface area contributed by atoms with Gasteiger partial charge in [-0.3, -0.25) is 0 Å². The Morgan fingerprint density at radius 1 is 1.38 bits per heavy atom. The molecule has 0 aliphatic rings. The highest BCUT2D eigenvalue weighted by atomic mass is 32.2. The van der Waals surface area contributed by atoms with Crippen LogP contribution in [0.1, 0.15) is 40.5 Å². The lowest BCUT2D eigenvalue weighted by atomic mass is 9.90. The molecule has 0 fully saturated rings. The first-order chi connectivity index (χ1) is 5.98. The first-order valence-electron chi connectivity index (χ1n) is 4.97. The van der Waals surface area contributed by atoms with Crippen molar-refractivity contribution >= 4 is 11.8 Å². The van der Waals surface area contributed by atoms with Gasteiger partial charge in [0.05, 0.1) is 11.5 Å². The number of hydrogen-bond acceptors (Lipinski definition) is 2. The summed E-state index contributed by atoms with van der Waals surface area (Å²) in [6, 6.07) is 2.33. The van der Waals surface area contributed by atoms with Crippen molar-refractivity contribution in [3.63, 3.8) is 0 Å². The van der Waals surface area contributed by atoms with E-state index in [0.717, 1.165) is 18.8 Å². The summed E-state index contributed by atoms with van der Waals surface area (Å²) in [4.78, 5) is 0. The second kappa shape index (κ2) is 6.32. The van der Waals surface area contributed by atoms with Crippen molar-refractivity contribution in [3.8, 4) is 6.07 Å². The zero-order valence-electron chi connectivity index (χ0n) is 9.26. The van der Waals surface area contributed by atoms with Crippen LogP contribution in [-0.2, 0) is 0 Å². The third kappa shape index (κ3) is 8.18. The van der Waals surface area contributed by atoms with Crippen LogP contribution in [0.3, 0.4) is 0 Å². The summed E-state index contributed by atoms with van der Waals surface area (Å²) in [7, 11) is 0. The third-order valence-corrected chi connectivity index (χ3v) is 3.32. The SMILES string of the molecule is CC(C)CSCCCC(C)(C)C#N. The van der Waals surface area contributed by atoms with Crippen molar-refractivity contribution in [2.24, 2.45) is 11.3 Å². The summed E-state index contributed by atoms with van der Waals surface area (Å²) in [5.74, 6) is 3.23. The Bertz CT molecular complexity index is 167. The lowest BCUT2D eigenvalue weighted by molar-refractivity contribution is 0.447. The fraction of sp³-hybridized carbons (Fsp3) is 0.909. The van der Waals surface area contributed by atoms with Gasteiger partial charge in [-0.25, -0.2) is 0 Å². The summed E-state index contributed by atoms with van der Waals surface area (Å²) in [5, 5.41) is 8.78. The molecule has 0 aromatic carbocycles. The predicted octanol–water partition coefficient (Wildman–Crippen LogP) is 3.71. The third-order valence-electron chi connectivity index (χ3n) is 1.84. The molecule has 0 N–H and O–H groups in total. The zero-order chi connectivity index (χ0) is 10.3. The number of hydrogen-bond donors (Lipinski definition) is 0. The molecule has 0 radical (unpaired) electrons. The summed E-state index contributed by atoms with van der Waals surface area (Å²) >= 11 is 2.00. The van der Waals surface area contributed by atoms with Gasteiger partial charge < -0.3 is 0 Å². The fourth-order valence-electron chi connectivity index (χ4n) is 0.991. The Kier molecular flexibility index (Phi) is 6.24. The van der Waals surface area contributed by atoms with E-state index in [-0.39, 0.29) is 5.41 Å². The molecule has 0 bridgehead atoms. The van der Waals surface area contributed by atoms with Crippen molar-refractivity contribution in [3.05, 3.63) is 0 Å². The van der Waals surface area contributed by atoms with Crippen molar-refractivity contribution < 1.29 is 0 Å². The number of nitriles is 1. The molecule has 0 aromatic heterocycles. The van der Waals surface area contributed by atoms with Gasteiger partial charge in [-0.2, -0.15) is 17.0 Å². The highest BCUT2D eigenvalue weighted by molar-refractivity contribution is 7.99. The topological polar surface area (TPSA) is 23.8 Å². The molecule has 0 spiro atoms. The molecule has 0 aromatic rings. The van der Waals surface area contributed by atoms with E-state index in [9.17, 15) is 0 Å². The molecule has 0 unspecified atom stereocenters. The molecule has 1 nitrogen and oxygen atoms in total. The van der Waals surface area contributed by atoms with Crippen LogP contribution in [0.25, 0.3) is 0 Å². The van der Waals surface area contributed by atoms with E-state index in [2.05, 4.69) is 19.9 Å². The molecule has 0 amide bonds. The lowest BCUT2D eigenvalue weighted by Crippen LogP contribution is -2.07. The minimum atomic E-state index is -0.127. The van der Waals surface area contributed by atoms with Gasteiger partial charge in [0.1, 0.15) is 0 Å². The number of thioether (sulfide) groups is 1. The monoisotopic (exact) mass is 199 g/mol. The summed E-state index contributed by atoms with van der Waals surface area (Å²) in [6.07, 6.45) is 2.19. The summed E-state index contributed by atoms with van der Waals surface area (Å²) < 4.78 is 0. The van der Waals surface area contributed by atoms with Gasteiger partial charge in [-0.05, 0) is 44.1 Å². The first kappa shape index (κ1) is 12.8. The maximum absolute atomic E-state index is 8.78. The van der Waals surface area contributed by atoms with Crippen molar-refractivity contribution in [2.45, 2.75) is 40.5 Å². The van der Waals surface area contributed by atoms with Crippen LogP contribution in [0, 0.1) is 22.7 Å². The first-order valence-corrected chi connectivity index (χ1v) is 6.12. The van der Waals surface area contributed by atoms with Gasteiger partial charge in [0.15, 0.2) is 0 Å². The minimum absolute atomic E-state index is 0.127. The molecule has 2 heteroatoms. The van der Waals surface area contributed by atoms with Gasteiger partial charge in [0.2, 0.25) is 0 Å². The fourth-order valence-corrected chi connectivity index (χ4v) is 1.98. The lowest BCUT2D eigenvalue weighted by Gasteiger charge is -2.14. The Morgan fingerprint density at radius 2 is 2.00 bits per heavy atom. The van der Waals surface area contributed by atoms with Gasteiger partial charge in [0.25, 0.3) is 0 Å². The average molecular weight is 199 g/mol. The van der Waals surface area contributed by atoms with Crippen molar-refractivity contribution in [1.82, 2.24) is 0 Å². The second-order valence-corrected chi connectivity index (χ2v) is 5.72. The minimum Gasteiger partial charge on any atom is -0.198 e. The average Bonchev–Trinajstić information content (AvgIpc) is 2.03. The largest absolute Gasteiger partial charge is 0.198 e. The number of rotatable bonds is 6. The summed E-state index contributed by atoms with van der Waals surface area (Å²) in [5.41, 5.74) is -0.127. The van der Waals surface area contributed by atoms with Gasteiger partial charge >= 0.3 is 0 Å². The molecule has 0 saturated carbocycles. The predicted molar refractivity (Wildman–Crippen MR) is 60.8 cm³/mol. The molecule has 0 atom stereocenters. The molecular formula is C11H21NS. The van der Waals surface area contributed by atoms with Crippen LogP contribution in [0.15, 0.2) is 0 Å². The molecule has 0 aliphatic carbocycles.